The van der Waals surface area contributed by atoms with Crippen LogP contribution < -0.4 is 15.4 Å². The van der Waals surface area contributed by atoms with Gasteiger partial charge in [-0.05, 0) is 26.1 Å². The van der Waals surface area contributed by atoms with Crippen LogP contribution in [0.2, 0.25) is 0 Å². The van der Waals surface area contributed by atoms with Crippen LogP contribution in [0.4, 0.5) is 0 Å². The summed E-state index contributed by atoms with van der Waals surface area (Å²) in [5.74, 6) is 1.67. The second-order valence-electron chi connectivity index (χ2n) is 5.58. The molecule has 25 heavy (non-hydrogen) atoms. The van der Waals surface area contributed by atoms with E-state index in [1.165, 1.54) is 0 Å². The fraction of sp³-hybridized carbons (Fsp3) is 0.526. The van der Waals surface area contributed by atoms with Crippen molar-refractivity contribution >= 4 is 29.9 Å². The third kappa shape index (κ3) is 8.58. The molecule has 0 amide bonds. The highest BCUT2D eigenvalue weighted by Gasteiger charge is 2.10. The molecule has 1 aromatic rings. The first-order chi connectivity index (χ1) is 11.7. The summed E-state index contributed by atoms with van der Waals surface area (Å²) in [5, 5.41) is 6.74. The Morgan fingerprint density at radius 1 is 1.28 bits per heavy atom. The second-order valence-corrected chi connectivity index (χ2v) is 5.58. The molecule has 2 N–H and O–H groups in total. The van der Waals surface area contributed by atoms with Gasteiger partial charge in [-0.25, -0.2) is 0 Å². The maximum absolute atomic E-state index is 5.69. The van der Waals surface area contributed by atoms with Crippen molar-refractivity contribution in [2.75, 3.05) is 33.3 Å². The molecule has 1 unspecified atom stereocenters. The maximum Gasteiger partial charge on any atom is 0.191 e. The molecule has 6 heteroatoms. The molecule has 0 spiro atoms. The van der Waals surface area contributed by atoms with Gasteiger partial charge in [-0.1, -0.05) is 44.7 Å². The lowest BCUT2D eigenvalue weighted by Gasteiger charge is -2.27. The lowest BCUT2D eigenvalue weighted by Crippen LogP contribution is -2.45. The summed E-state index contributed by atoms with van der Waals surface area (Å²) >= 11 is 0. The van der Waals surface area contributed by atoms with Crippen LogP contribution in [-0.4, -0.2) is 50.2 Å². The fourth-order valence-electron chi connectivity index (χ4n) is 2.56. The number of rotatable bonds is 10. The van der Waals surface area contributed by atoms with E-state index in [0.29, 0.717) is 19.2 Å². The van der Waals surface area contributed by atoms with E-state index in [1.807, 2.05) is 18.2 Å². The summed E-state index contributed by atoms with van der Waals surface area (Å²) in [6, 6.07) is 8.47. The minimum atomic E-state index is 0. The van der Waals surface area contributed by atoms with E-state index in [2.05, 4.69) is 53.9 Å². The molecule has 0 aliphatic carbocycles. The minimum Gasteiger partial charge on any atom is -0.489 e. The van der Waals surface area contributed by atoms with Crippen LogP contribution in [0, 0.1) is 0 Å². The van der Waals surface area contributed by atoms with Gasteiger partial charge in [0.05, 0.1) is 0 Å². The third-order valence-corrected chi connectivity index (χ3v) is 4.00. The highest BCUT2D eigenvalue weighted by atomic mass is 127. The SMILES string of the molecule is C=CCOc1ccccc1CNC(=NC)NCC(C)N(CC)CC.I. The van der Waals surface area contributed by atoms with Crippen LogP contribution in [0.5, 0.6) is 5.75 Å². The predicted octanol–water partition coefficient (Wildman–Crippen LogP) is 3.26. The van der Waals surface area contributed by atoms with Crippen LogP contribution in [0.25, 0.3) is 0 Å². The zero-order valence-corrected chi connectivity index (χ0v) is 18.2. The third-order valence-electron chi connectivity index (χ3n) is 4.00. The van der Waals surface area contributed by atoms with Gasteiger partial charge in [0.15, 0.2) is 5.96 Å². The summed E-state index contributed by atoms with van der Waals surface area (Å²) < 4.78 is 5.69. The van der Waals surface area contributed by atoms with Crippen LogP contribution in [0.15, 0.2) is 41.9 Å². The molecule has 0 heterocycles. The van der Waals surface area contributed by atoms with Crippen LogP contribution in [0.1, 0.15) is 26.3 Å². The highest BCUT2D eigenvalue weighted by molar-refractivity contribution is 14.0. The van der Waals surface area contributed by atoms with Gasteiger partial charge in [-0.15, -0.1) is 24.0 Å². The average Bonchev–Trinajstić information content (AvgIpc) is 2.61. The molecule has 5 nitrogen and oxygen atoms in total. The van der Waals surface area contributed by atoms with E-state index < -0.39 is 0 Å². The molecule has 142 valence electrons. The monoisotopic (exact) mass is 460 g/mol. The summed E-state index contributed by atoms with van der Waals surface area (Å²) in [7, 11) is 1.79. The number of nitrogens with one attached hydrogen (secondary N) is 2. The van der Waals surface area contributed by atoms with E-state index in [9.17, 15) is 0 Å². The Morgan fingerprint density at radius 2 is 1.96 bits per heavy atom. The van der Waals surface area contributed by atoms with Crippen LogP contribution in [-0.2, 0) is 6.54 Å². The number of para-hydroxylation sites is 1. The Kier molecular flexibility index (Phi) is 13.2. The van der Waals surface area contributed by atoms with Crippen LogP contribution >= 0.6 is 24.0 Å². The van der Waals surface area contributed by atoms with Crippen molar-refractivity contribution in [3.8, 4) is 5.75 Å². The molecule has 0 saturated carbocycles. The highest BCUT2D eigenvalue weighted by Crippen LogP contribution is 2.17. The fourth-order valence-corrected chi connectivity index (χ4v) is 2.56. The molecular weight excluding hydrogens is 427 g/mol. The van der Waals surface area contributed by atoms with Gasteiger partial charge < -0.3 is 15.4 Å². The summed E-state index contributed by atoms with van der Waals surface area (Å²) in [6.07, 6.45) is 1.75. The minimum absolute atomic E-state index is 0. The second kappa shape index (κ2) is 13.9. The largest absolute Gasteiger partial charge is 0.489 e. The topological polar surface area (TPSA) is 48.9 Å². The van der Waals surface area contributed by atoms with Crippen molar-refractivity contribution in [1.82, 2.24) is 15.5 Å². The van der Waals surface area contributed by atoms with Gasteiger partial charge >= 0.3 is 0 Å². The van der Waals surface area contributed by atoms with Crippen molar-refractivity contribution in [1.29, 1.82) is 0 Å². The summed E-state index contributed by atoms with van der Waals surface area (Å²) in [4.78, 5) is 6.71. The normalized spacial score (nSPS) is 12.3. The Balaban J connectivity index is 0.00000576. The maximum atomic E-state index is 5.69. The molecular formula is C19H33IN4O. The number of guanidine groups is 1. The van der Waals surface area contributed by atoms with E-state index in [4.69, 9.17) is 4.74 Å². The number of ether oxygens (including phenoxy) is 1. The van der Waals surface area contributed by atoms with E-state index in [1.54, 1.807) is 13.1 Å². The number of nitrogens with zero attached hydrogens (tertiary/aromatic N) is 2. The molecule has 0 aromatic heterocycles. The molecule has 0 saturated heterocycles. The number of benzene rings is 1. The van der Waals surface area contributed by atoms with Crippen molar-refractivity contribution in [2.45, 2.75) is 33.4 Å². The quantitative estimate of drug-likeness (QED) is 0.244. The number of aliphatic imine (C=N–C) groups is 1. The summed E-state index contributed by atoms with van der Waals surface area (Å²) in [6.45, 7) is 14.4. The number of hydrogen-bond donors (Lipinski definition) is 2. The molecule has 0 radical (unpaired) electrons. The molecule has 0 bridgehead atoms. The smallest absolute Gasteiger partial charge is 0.191 e. The number of hydrogen-bond acceptors (Lipinski definition) is 3. The van der Waals surface area contributed by atoms with Crippen molar-refractivity contribution in [3.05, 3.63) is 42.5 Å². The lowest BCUT2D eigenvalue weighted by molar-refractivity contribution is 0.231. The van der Waals surface area contributed by atoms with Gasteiger partial charge in [-0.3, -0.25) is 9.89 Å². The average molecular weight is 460 g/mol. The molecule has 0 fully saturated rings. The predicted molar refractivity (Wildman–Crippen MR) is 118 cm³/mol. The Labute approximate surface area is 169 Å². The van der Waals surface area contributed by atoms with E-state index in [-0.39, 0.29) is 24.0 Å². The van der Waals surface area contributed by atoms with Gasteiger partial charge in [0.1, 0.15) is 12.4 Å². The molecule has 0 aliphatic rings. The van der Waals surface area contributed by atoms with Gasteiger partial charge in [-0.2, -0.15) is 0 Å². The van der Waals surface area contributed by atoms with Crippen molar-refractivity contribution in [3.63, 3.8) is 0 Å². The Hall–Kier alpha value is -1.28. The van der Waals surface area contributed by atoms with Gasteiger partial charge in [0.25, 0.3) is 0 Å². The first kappa shape index (κ1) is 23.7. The first-order valence-electron chi connectivity index (χ1n) is 8.66. The lowest BCUT2D eigenvalue weighted by atomic mass is 10.2. The van der Waals surface area contributed by atoms with Gasteiger partial charge in [0.2, 0.25) is 0 Å². The zero-order valence-electron chi connectivity index (χ0n) is 15.9. The molecule has 1 atom stereocenters. The zero-order chi connectivity index (χ0) is 17.8. The molecule has 1 rings (SSSR count). The van der Waals surface area contributed by atoms with Crippen molar-refractivity contribution < 1.29 is 4.74 Å². The van der Waals surface area contributed by atoms with Crippen molar-refractivity contribution in [2.24, 2.45) is 4.99 Å². The Bertz CT molecular complexity index is 518. The number of likely N-dealkylation sites (N-methyl/N-ethyl adjacent to an activating group) is 1. The number of halogens is 1. The standard InChI is InChI=1S/C19H32N4O.HI/c1-6-13-24-18-12-10-9-11-17(18)15-22-19(20-5)21-14-16(4)23(7-2)8-3;/h6,9-12,16H,1,7-8,13-15H2,2-5H3,(H2,20,21,22);1H. The molecule has 1 aromatic carbocycles. The van der Waals surface area contributed by atoms with Crippen LogP contribution in [0.3, 0.4) is 0 Å². The molecule has 0 aliphatic heterocycles. The van der Waals surface area contributed by atoms with Gasteiger partial charge in [0, 0.05) is 31.7 Å². The van der Waals surface area contributed by atoms with E-state index in [0.717, 1.165) is 36.9 Å². The summed E-state index contributed by atoms with van der Waals surface area (Å²) in [5.41, 5.74) is 1.10. The Morgan fingerprint density at radius 3 is 2.56 bits per heavy atom. The first-order valence-corrected chi connectivity index (χ1v) is 8.66. The van der Waals surface area contributed by atoms with E-state index >= 15 is 0 Å².